The van der Waals surface area contributed by atoms with E-state index in [0.717, 1.165) is 77.2 Å². The van der Waals surface area contributed by atoms with Crippen molar-refractivity contribution in [1.29, 1.82) is 0 Å². The highest BCUT2D eigenvalue weighted by molar-refractivity contribution is 6.18. The lowest BCUT2D eigenvalue weighted by atomic mass is 9.96. The second-order valence-corrected chi connectivity index (χ2v) is 12.7. The highest BCUT2D eigenvalue weighted by Crippen LogP contribution is 2.42. The summed E-state index contributed by atoms with van der Waals surface area (Å²) in [4.78, 5) is 19.8. The van der Waals surface area contributed by atoms with Gasteiger partial charge in [-0.1, -0.05) is 146 Å². The zero-order valence-electron chi connectivity index (χ0n) is 27.4. The summed E-state index contributed by atoms with van der Waals surface area (Å²) in [5.74, 6) is 1.89. The van der Waals surface area contributed by atoms with Gasteiger partial charge in [-0.25, -0.2) is 15.0 Å². The monoisotopic (exact) mass is 652 g/mol. The van der Waals surface area contributed by atoms with Crippen molar-refractivity contribution in [2.45, 2.75) is 0 Å². The van der Waals surface area contributed by atoms with Gasteiger partial charge in [0.1, 0.15) is 11.3 Å². The van der Waals surface area contributed by atoms with E-state index < -0.39 is 0 Å². The van der Waals surface area contributed by atoms with Crippen LogP contribution in [0.3, 0.4) is 0 Å². The lowest BCUT2D eigenvalue weighted by Gasteiger charge is -2.10. The number of benzene rings is 7. The van der Waals surface area contributed by atoms with Crippen LogP contribution in [0.4, 0.5) is 0 Å². The zero-order chi connectivity index (χ0) is 33.7. The Bertz CT molecular complexity index is 2840. The third-order valence-corrected chi connectivity index (χ3v) is 9.54. The Hall–Kier alpha value is -6.98. The molecular weight excluding hydrogens is 625 g/mol. The molecule has 0 saturated heterocycles. The van der Waals surface area contributed by atoms with Crippen molar-refractivity contribution in [3.05, 3.63) is 170 Å². The van der Waals surface area contributed by atoms with Gasteiger partial charge in [0.2, 0.25) is 0 Å². The molecule has 0 saturated carbocycles. The van der Waals surface area contributed by atoms with Crippen molar-refractivity contribution in [2.24, 2.45) is 0 Å². The molecule has 0 spiro atoms. The summed E-state index contributed by atoms with van der Waals surface area (Å²) in [5.41, 5.74) is 8.25. The van der Waals surface area contributed by atoms with Crippen LogP contribution >= 0.6 is 0 Å². The van der Waals surface area contributed by atoms with E-state index in [4.69, 9.17) is 24.4 Å². The molecule has 0 atom stereocenters. The molecule has 0 bridgehead atoms. The fraction of sp³-hybridized carbons (Fsp3) is 0. The van der Waals surface area contributed by atoms with Gasteiger partial charge in [0.05, 0.1) is 0 Å². The molecule has 5 heteroatoms. The summed E-state index contributed by atoms with van der Waals surface area (Å²) in [5, 5.41) is 6.75. The van der Waals surface area contributed by atoms with Crippen LogP contribution in [0.25, 0.3) is 100 Å². The molecule has 0 aliphatic rings. The number of rotatable bonds is 5. The Morgan fingerprint density at radius 1 is 0.392 bits per heavy atom. The first-order chi connectivity index (χ1) is 25.2. The van der Waals surface area contributed by atoms with Crippen molar-refractivity contribution in [3.63, 3.8) is 0 Å². The minimum absolute atomic E-state index is 0.615. The lowest BCUT2D eigenvalue weighted by Crippen LogP contribution is -2.00. The van der Waals surface area contributed by atoms with E-state index in [9.17, 15) is 0 Å². The van der Waals surface area contributed by atoms with E-state index in [2.05, 4.69) is 103 Å². The summed E-state index contributed by atoms with van der Waals surface area (Å²) in [6, 6.07) is 56.1. The van der Waals surface area contributed by atoms with Crippen LogP contribution in [0.2, 0.25) is 0 Å². The van der Waals surface area contributed by atoms with Gasteiger partial charge in [0, 0.05) is 44.8 Å². The molecule has 238 valence electrons. The largest absolute Gasteiger partial charge is 0.454 e. The van der Waals surface area contributed by atoms with Crippen molar-refractivity contribution in [2.75, 3.05) is 0 Å². The molecule has 0 amide bonds. The minimum atomic E-state index is 0.615. The SMILES string of the molecule is c1ccc(-c2nc(-c3ccccc3)nc(-c3ccc(-c4cnc(-c5ccc6ccccc6c5)c5oc6cc7ccccc7cc6c45)cc3)n2)cc1. The maximum atomic E-state index is 6.73. The highest BCUT2D eigenvalue weighted by Gasteiger charge is 2.20. The van der Waals surface area contributed by atoms with Gasteiger partial charge in [0.15, 0.2) is 23.1 Å². The molecule has 7 aromatic carbocycles. The Morgan fingerprint density at radius 3 is 1.51 bits per heavy atom. The van der Waals surface area contributed by atoms with Crippen LogP contribution in [0.15, 0.2) is 174 Å². The number of furan rings is 1. The molecule has 10 aromatic rings. The molecule has 0 unspecified atom stereocenters. The Kier molecular flexibility index (Phi) is 6.74. The second kappa shape index (κ2) is 11.9. The summed E-state index contributed by atoms with van der Waals surface area (Å²) in [7, 11) is 0. The van der Waals surface area contributed by atoms with Crippen LogP contribution in [0, 0.1) is 0 Å². The first-order valence-corrected chi connectivity index (χ1v) is 17.0. The van der Waals surface area contributed by atoms with Crippen molar-refractivity contribution in [1.82, 2.24) is 19.9 Å². The highest BCUT2D eigenvalue weighted by atomic mass is 16.3. The van der Waals surface area contributed by atoms with Crippen LogP contribution in [-0.4, -0.2) is 19.9 Å². The number of nitrogens with zero attached hydrogens (tertiary/aromatic N) is 4. The summed E-state index contributed by atoms with van der Waals surface area (Å²) < 4.78 is 6.73. The standard InChI is InChI=1S/C46H28N4O/c1-3-12-31(13-4-1)44-48-45(32-14-5-2-6-15-32)50-46(49-44)33-22-20-30(21-23-33)39-28-47-42(37-24-19-29-11-7-8-16-34(29)25-37)43-41(39)38-26-35-17-9-10-18-36(35)27-40(38)51-43/h1-28H. The van der Waals surface area contributed by atoms with Crippen LogP contribution in [0.5, 0.6) is 0 Å². The maximum Gasteiger partial charge on any atom is 0.164 e. The van der Waals surface area contributed by atoms with E-state index in [1.54, 1.807) is 0 Å². The molecule has 0 radical (unpaired) electrons. The number of pyridine rings is 1. The fourth-order valence-corrected chi connectivity index (χ4v) is 6.97. The van der Waals surface area contributed by atoms with E-state index in [0.29, 0.717) is 17.5 Å². The topological polar surface area (TPSA) is 64.7 Å². The van der Waals surface area contributed by atoms with Gasteiger partial charge in [-0.05, 0) is 45.3 Å². The normalized spacial score (nSPS) is 11.5. The quantitative estimate of drug-likeness (QED) is 0.185. The first-order valence-electron chi connectivity index (χ1n) is 17.0. The fourth-order valence-electron chi connectivity index (χ4n) is 6.97. The molecule has 0 N–H and O–H groups in total. The molecule has 0 aliphatic heterocycles. The molecule has 51 heavy (non-hydrogen) atoms. The lowest BCUT2D eigenvalue weighted by molar-refractivity contribution is 0.669. The molecule has 10 rings (SSSR count). The number of hydrogen-bond acceptors (Lipinski definition) is 5. The third-order valence-electron chi connectivity index (χ3n) is 9.54. The Balaban J connectivity index is 1.14. The predicted octanol–water partition coefficient (Wildman–Crippen LogP) is 11.8. The molecule has 0 aliphatic carbocycles. The van der Waals surface area contributed by atoms with Gasteiger partial charge < -0.3 is 4.42 Å². The van der Waals surface area contributed by atoms with Crippen molar-refractivity contribution < 1.29 is 4.42 Å². The first kappa shape index (κ1) is 29.0. The molecule has 3 aromatic heterocycles. The summed E-state index contributed by atoms with van der Waals surface area (Å²) >= 11 is 0. The van der Waals surface area contributed by atoms with E-state index >= 15 is 0 Å². The van der Waals surface area contributed by atoms with Gasteiger partial charge in [0.25, 0.3) is 0 Å². The van der Waals surface area contributed by atoms with Gasteiger partial charge in [-0.3, -0.25) is 4.98 Å². The zero-order valence-corrected chi connectivity index (χ0v) is 27.4. The Labute approximate surface area is 293 Å². The van der Waals surface area contributed by atoms with Gasteiger partial charge in [-0.15, -0.1) is 0 Å². The minimum Gasteiger partial charge on any atom is -0.454 e. The van der Waals surface area contributed by atoms with E-state index in [1.165, 1.54) is 5.39 Å². The number of aromatic nitrogens is 4. The number of fused-ring (bicyclic) bond motifs is 5. The average Bonchev–Trinajstić information content (AvgIpc) is 3.58. The average molecular weight is 653 g/mol. The summed E-state index contributed by atoms with van der Waals surface area (Å²) in [6.45, 7) is 0. The van der Waals surface area contributed by atoms with Crippen LogP contribution in [0.1, 0.15) is 0 Å². The van der Waals surface area contributed by atoms with Crippen LogP contribution < -0.4 is 0 Å². The molecule has 3 heterocycles. The second-order valence-electron chi connectivity index (χ2n) is 12.7. The van der Waals surface area contributed by atoms with Crippen molar-refractivity contribution >= 4 is 43.5 Å². The third kappa shape index (κ3) is 5.11. The summed E-state index contributed by atoms with van der Waals surface area (Å²) in [6.07, 6.45) is 1.98. The number of hydrogen-bond donors (Lipinski definition) is 0. The van der Waals surface area contributed by atoms with Gasteiger partial charge in [-0.2, -0.15) is 0 Å². The predicted molar refractivity (Wildman–Crippen MR) is 207 cm³/mol. The Morgan fingerprint density at radius 2 is 0.882 bits per heavy atom. The van der Waals surface area contributed by atoms with Crippen molar-refractivity contribution in [3.8, 4) is 56.5 Å². The maximum absolute atomic E-state index is 6.73. The van der Waals surface area contributed by atoms with Gasteiger partial charge >= 0.3 is 0 Å². The smallest absolute Gasteiger partial charge is 0.164 e. The van der Waals surface area contributed by atoms with Crippen LogP contribution in [-0.2, 0) is 0 Å². The molecular formula is C46H28N4O. The van der Waals surface area contributed by atoms with E-state index in [-0.39, 0.29) is 0 Å². The van der Waals surface area contributed by atoms with E-state index in [1.807, 2.05) is 66.9 Å². The molecule has 5 nitrogen and oxygen atoms in total. The molecule has 0 fully saturated rings.